The molecular formula is C21H32N4O5. The standard InChI is InChI=1S/C21H32N4O5/c1-5-12(2)17(25-19(27)14(4)23-18(26)13(3)22)20(28)24-16(21(29)30)11-15-9-7-6-8-10-15/h6-10,12-14,16-17H,5,11,22H2,1-4H3,(H,23,26)(H,24,28)(H,25,27)(H,29,30). The van der Waals surface area contributed by atoms with Crippen LogP contribution in [0.25, 0.3) is 0 Å². The molecule has 0 aliphatic heterocycles. The van der Waals surface area contributed by atoms with Gasteiger partial charge >= 0.3 is 5.97 Å². The Morgan fingerprint density at radius 1 is 0.933 bits per heavy atom. The highest BCUT2D eigenvalue weighted by Crippen LogP contribution is 2.10. The molecule has 9 heteroatoms. The van der Waals surface area contributed by atoms with E-state index in [1.807, 2.05) is 13.0 Å². The van der Waals surface area contributed by atoms with Crippen LogP contribution in [0.2, 0.25) is 0 Å². The maximum atomic E-state index is 12.8. The third-order valence-corrected chi connectivity index (χ3v) is 4.86. The summed E-state index contributed by atoms with van der Waals surface area (Å²) < 4.78 is 0. The van der Waals surface area contributed by atoms with Gasteiger partial charge in [0.15, 0.2) is 0 Å². The Bertz CT molecular complexity index is 738. The summed E-state index contributed by atoms with van der Waals surface area (Å²) in [6, 6.07) is 5.18. The number of amides is 3. The largest absolute Gasteiger partial charge is 0.480 e. The third kappa shape index (κ3) is 7.82. The number of nitrogens with two attached hydrogens (primary N) is 1. The predicted molar refractivity (Wildman–Crippen MR) is 112 cm³/mol. The van der Waals surface area contributed by atoms with Crippen molar-refractivity contribution in [1.82, 2.24) is 16.0 Å². The van der Waals surface area contributed by atoms with Gasteiger partial charge in [-0.15, -0.1) is 0 Å². The van der Waals surface area contributed by atoms with Gasteiger partial charge in [-0.1, -0.05) is 50.6 Å². The van der Waals surface area contributed by atoms with E-state index in [1.54, 1.807) is 31.2 Å². The second-order valence-electron chi connectivity index (χ2n) is 7.48. The lowest BCUT2D eigenvalue weighted by molar-refractivity contribution is -0.142. The summed E-state index contributed by atoms with van der Waals surface area (Å²) in [6.07, 6.45) is 0.694. The predicted octanol–water partition coefficient (Wildman–Crippen LogP) is 0.181. The summed E-state index contributed by atoms with van der Waals surface area (Å²) in [5.74, 6) is -3.06. The number of nitrogens with one attached hydrogen (secondary N) is 3. The zero-order valence-electron chi connectivity index (χ0n) is 17.8. The van der Waals surface area contributed by atoms with Crippen LogP contribution in [-0.4, -0.2) is 53.0 Å². The first kappa shape index (κ1) is 25.1. The maximum Gasteiger partial charge on any atom is 0.326 e. The van der Waals surface area contributed by atoms with Gasteiger partial charge in [-0.05, 0) is 25.3 Å². The van der Waals surface area contributed by atoms with Gasteiger partial charge < -0.3 is 26.8 Å². The first-order valence-electron chi connectivity index (χ1n) is 10.00. The molecule has 0 heterocycles. The molecule has 9 nitrogen and oxygen atoms in total. The molecule has 0 bridgehead atoms. The number of rotatable bonds is 11. The van der Waals surface area contributed by atoms with Gasteiger partial charge in [0.05, 0.1) is 6.04 Å². The van der Waals surface area contributed by atoms with E-state index in [0.717, 1.165) is 5.56 Å². The lowest BCUT2D eigenvalue weighted by atomic mass is 9.97. The van der Waals surface area contributed by atoms with E-state index in [4.69, 9.17) is 5.73 Å². The Kier molecular flexibility index (Phi) is 9.97. The van der Waals surface area contributed by atoms with E-state index in [0.29, 0.717) is 6.42 Å². The van der Waals surface area contributed by atoms with Gasteiger partial charge in [0.25, 0.3) is 0 Å². The van der Waals surface area contributed by atoms with Crippen molar-refractivity contribution in [2.45, 2.75) is 64.7 Å². The highest BCUT2D eigenvalue weighted by Gasteiger charge is 2.31. The van der Waals surface area contributed by atoms with Crippen molar-refractivity contribution in [2.24, 2.45) is 11.7 Å². The van der Waals surface area contributed by atoms with Crippen molar-refractivity contribution in [3.8, 4) is 0 Å². The fraction of sp³-hybridized carbons (Fsp3) is 0.524. The molecule has 0 fully saturated rings. The van der Waals surface area contributed by atoms with E-state index >= 15 is 0 Å². The number of aliphatic carboxylic acids is 1. The number of hydrogen-bond donors (Lipinski definition) is 5. The minimum Gasteiger partial charge on any atom is -0.480 e. The average molecular weight is 421 g/mol. The van der Waals surface area contributed by atoms with Crippen LogP contribution in [0.5, 0.6) is 0 Å². The number of carboxylic acid groups (broad SMARTS) is 1. The summed E-state index contributed by atoms with van der Waals surface area (Å²) in [5.41, 5.74) is 6.25. The molecule has 30 heavy (non-hydrogen) atoms. The normalized spacial score (nSPS) is 15.8. The smallest absolute Gasteiger partial charge is 0.326 e. The molecule has 1 rings (SSSR count). The average Bonchev–Trinajstić information content (AvgIpc) is 2.70. The molecule has 0 aliphatic carbocycles. The second kappa shape index (κ2) is 11.9. The molecular weight excluding hydrogens is 388 g/mol. The summed E-state index contributed by atoms with van der Waals surface area (Å²) in [7, 11) is 0. The maximum absolute atomic E-state index is 12.8. The number of benzene rings is 1. The molecule has 6 N–H and O–H groups in total. The molecule has 0 aliphatic rings. The quantitative estimate of drug-likeness (QED) is 0.345. The molecule has 0 saturated heterocycles. The molecule has 3 amide bonds. The zero-order chi connectivity index (χ0) is 22.8. The molecule has 0 saturated carbocycles. The molecule has 0 spiro atoms. The third-order valence-electron chi connectivity index (χ3n) is 4.86. The van der Waals surface area contributed by atoms with Crippen LogP contribution in [0.15, 0.2) is 30.3 Å². The Morgan fingerprint density at radius 3 is 2.03 bits per heavy atom. The van der Waals surface area contributed by atoms with Crippen LogP contribution in [0.1, 0.15) is 39.7 Å². The first-order chi connectivity index (χ1) is 14.1. The van der Waals surface area contributed by atoms with Crippen molar-refractivity contribution in [3.63, 3.8) is 0 Å². The molecule has 5 unspecified atom stereocenters. The highest BCUT2D eigenvalue weighted by molar-refractivity contribution is 5.94. The summed E-state index contributed by atoms with van der Waals surface area (Å²) in [4.78, 5) is 48.7. The highest BCUT2D eigenvalue weighted by atomic mass is 16.4. The first-order valence-corrected chi connectivity index (χ1v) is 10.00. The zero-order valence-corrected chi connectivity index (χ0v) is 17.8. The molecule has 166 valence electrons. The minimum absolute atomic E-state index is 0.115. The number of carbonyl (C=O) groups is 4. The van der Waals surface area contributed by atoms with E-state index < -0.39 is 47.9 Å². The Labute approximate surface area is 176 Å². The van der Waals surface area contributed by atoms with Gasteiger partial charge in [-0.25, -0.2) is 4.79 Å². The van der Waals surface area contributed by atoms with Crippen LogP contribution >= 0.6 is 0 Å². The van der Waals surface area contributed by atoms with Gasteiger partial charge in [0, 0.05) is 6.42 Å². The van der Waals surface area contributed by atoms with Crippen LogP contribution in [0.3, 0.4) is 0 Å². The Balaban J connectivity index is 2.87. The number of hydrogen-bond acceptors (Lipinski definition) is 5. The summed E-state index contributed by atoms with van der Waals surface area (Å²) >= 11 is 0. The van der Waals surface area contributed by atoms with Crippen molar-refractivity contribution < 1.29 is 24.3 Å². The van der Waals surface area contributed by atoms with Crippen molar-refractivity contribution in [2.75, 3.05) is 0 Å². The Hall–Kier alpha value is -2.94. The van der Waals surface area contributed by atoms with E-state index in [1.165, 1.54) is 13.8 Å². The van der Waals surface area contributed by atoms with E-state index in [-0.39, 0.29) is 12.3 Å². The SMILES string of the molecule is CCC(C)C(NC(=O)C(C)NC(=O)C(C)N)C(=O)NC(Cc1ccccc1)C(=O)O. The van der Waals surface area contributed by atoms with E-state index in [2.05, 4.69) is 16.0 Å². The van der Waals surface area contributed by atoms with Gasteiger partial charge in [0.2, 0.25) is 17.7 Å². The fourth-order valence-electron chi connectivity index (χ4n) is 2.70. The van der Waals surface area contributed by atoms with Crippen molar-refractivity contribution >= 4 is 23.7 Å². The summed E-state index contributed by atoms with van der Waals surface area (Å²) in [6.45, 7) is 6.62. The van der Waals surface area contributed by atoms with Crippen LogP contribution in [0, 0.1) is 5.92 Å². The topological polar surface area (TPSA) is 151 Å². The second-order valence-corrected chi connectivity index (χ2v) is 7.48. The molecule has 1 aromatic carbocycles. The van der Waals surface area contributed by atoms with Crippen LogP contribution in [-0.2, 0) is 25.6 Å². The van der Waals surface area contributed by atoms with Crippen molar-refractivity contribution in [3.05, 3.63) is 35.9 Å². The molecule has 1 aromatic rings. The van der Waals surface area contributed by atoms with E-state index in [9.17, 15) is 24.3 Å². The fourth-order valence-corrected chi connectivity index (χ4v) is 2.70. The van der Waals surface area contributed by atoms with Gasteiger partial charge in [-0.3, -0.25) is 14.4 Å². The van der Waals surface area contributed by atoms with Gasteiger partial charge in [0.1, 0.15) is 18.1 Å². The molecule has 5 atom stereocenters. The summed E-state index contributed by atoms with van der Waals surface area (Å²) in [5, 5.41) is 17.1. The lowest BCUT2D eigenvalue weighted by Crippen LogP contribution is -2.58. The Morgan fingerprint density at radius 2 is 1.53 bits per heavy atom. The van der Waals surface area contributed by atoms with Crippen LogP contribution in [0.4, 0.5) is 0 Å². The number of carboxylic acids is 1. The van der Waals surface area contributed by atoms with Gasteiger partial charge in [-0.2, -0.15) is 0 Å². The van der Waals surface area contributed by atoms with Crippen molar-refractivity contribution in [1.29, 1.82) is 0 Å². The molecule has 0 aromatic heterocycles. The number of carbonyl (C=O) groups excluding carboxylic acids is 3. The monoisotopic (exact) mass is 420 g/mol. The minimum atomic E-state index is -1.17. The lowest BCUT2D eigenvalue weighted by Gasteiger charge is -2.27. The van der Waals surface area contributed by atoms with Crippen LogP contribution < -0.4 is 21.7 Å². The molecule has 0 radical (unpaired) electrons.